The van der Waals surface area contributed by atoms with Crippen LogP contribution in [0.3, 0.4) is 0 Å². The van der Waals surface area contributed by atoms with Gasteiger partial charge in [-0.25, -0.2) is 0 Å². The van der Waals surface area contributed by atoms with Gasteiger partial charge in [0.25, 0.3) is 5.91 Å². The monoisotopic (exact) mass is 244 g/mol. The molecule has 0 aliphatic heterocycles. The van der Waals surface area contributed by atoms with Crippen LogP contribution in [0.5, 0.6) is 5.75 Å². The summed E-state index contributed by atoms with van der Waals surface area (Å²) in [6.45, 7) is 0. The van der Waals surface area contributed by atoms with Crippen molar-refractivity contribution in [3.05, 3.63) is 42.1 Å². The van der Waals surface area contributed by atoms with E-state index in [0.717, 1.165) is 0 Å². The van der Waals surface area contributed by atoms with E-state index in [1.54, 1.807) is 31.4 Å². The molecule has 6 heteroatoms. The number of ether oxygens (including phenoxy) is 1. The number of nitrogens with one attached hydrogen (secondary N) is 1. The number of nitrogens with zero attached hydrogens (tertiary/aromatic N) is 2. The molecule has 1 amide bonds. The molecular formula is C12H12N4O2. The number of hydrogen-bond acceptors (Lipinski definition) is 5. The summed E-state index contributed by atoms with van der Waals surface area (Å²) in [6.07, 6.45) is 0. The average molecular weight is 244 g/mol. The first-order valence-corrected chi connectivity index (χ1v) is 5.23. The van der Waals surface area contributed by atoms with E-state index in [1.165, 1.54) is 12.1 Å². The van der Waals surface area contributed by atoms with Gasteiger partial charge in [-0.2, -0.15) is 0 Å². The summed E-state index contributed by atoms with van der Waals surface area (Å²) >= 11 is 0. The van der Waals surface area contributed by atoms with Crippen molar-refractivity contribution < 1.29 is 9.53 Å². The summed E-state index contributed by atoms with van der Waals surface area (Å²) in [6, 6.07) is 10.1. The quantitative estimate of drug-likeness (QED) is 0.849. The lowest BCUT2D eigenvalue weighted by molar-refractivity contribution is 0.102. The predicted octanol–water partition coefficient (Wildman–Crippen LogP) is 1.32. The Morgan fingerprint density at radius 3 is 2.78 bits per heavy atom. The smallest absolute Gasteiger partial charge is 0.276 e. The molecule has 0 saturated heterocycles. The summed E-state index contributed by atoms with van der Waals surface area (Å²) in [4.78, 5) is 11.8. The minimum atomic E-state index is -0.351. The Labute approximate surface area is 104 Å². The predicted molar refractivity (Wildman–Crippen MR) is 67.4 cm³/mol. The number of methoxy groups -OCH3 is 1. The van der Waals surface area contributed by atoms with Gasteiger partial charge >= 0.3 is 0 Å². The van der Waals surface area contributed by atoms with Crippen molar-refractivity contribution in [1.82, 2.24) is 10.2 Å². The maximum absolute atomic E-state index is 11.8. The van der Waals surface area contributed by atoms with E-state index < -0.39 is 0 Å². The topological polar surface area (TPSA) is 90.1 Å². The third kappa shape index (κ3) is 2.73. The Kier molecular flexibility index (Phi) is 3.38. The molecule has 18 heavy (non-hydrogen) atoms. The van der Waals surface area contributed by atoms with Crippen molar-refractivity contribution in [2.24, 2.45) is 0 Å². The average Bonchev–Trinajstić information content (AvgIpc) is 2.39. The Balaban J connectivity index is 2.13. The summed E-state index contributed by atoms with van der Waals surface area (Å²) in [5.74, 6) is 0.583. The van der Waals surface area contributed by atoms with Crippen LogP contribution in [-0.2, 0) is 0 Å². The lowest BCUT2D eigenvalue weighted by Crippen LogP contribution is -2.14. The maximum atomic E-state index is 11.8. The number of rotatable bonds is 3. The summed E-state index contributed by atoms with van der Waals surface area (Å²) < 4.78 is 5.06. The van der Waals surface area contributed by atoms with E-state index in [1.807, 2.05) is 0 Å². The molecule has 1 aromatic carbocycles. The molecule has 0 aliphatic rings. The van der Waals surface area contributed by atoms with Crippen LogP contribution in [0.25, 0.3) is 0 Å². The number of anilines is 2. The van der Waals surface area contributed by atoms with Crippen LogP contribution in [0.1, 0.15) is 10.5 Å². The van der Waals surface area contributed by atoms with E-state index in [9.17, 15) is 4.79 Å². The normalized spacial score (nSPS) is 9.83. The fourth-order valence-electron chi connectivity index (χ4n) is 1.36. The molecule has 0 saturated carbocycles. The number of carbonyl (C=O) groups excluding carboxylic acids is 1. The van der Waals surface area contributed by atoms with E-state index in [-0.39, 0.29) is 17.4 Å². The largest absolute Gasteiger partial charge is 0.497 e. The second-order valence-corrected chi connectivity index (χ2v) is 3.53. The molecule has 0 aliphatic carbocycles. The highest BCUT2D eigenvalue weighted by Crippen LogP contribution is 2.17. The second-order valence-electron chi connectivity index (χ2n) is 3.53. The minimum Gasteiger partial charge on any atom is -0.497 e. The molecule has 0 radical (unpaired) electrons. The van der Waals surface area contributed by atoms with Gasteiger partial charge in [0.05, 0.1) is 7.11 Å². The fraction of sp³-hybridized carbons (Fsp3) is 0.0833. The van der Waals surface area contributed by atoms with Crippen LogP contribution in [0, 0.1) is 0 Å². The number of amides is 1. The zero-order valence-corrected chi connectivity index (χ0v) is 9.75. The molecule has 0 atom stereocenters. The molecule has 2 aromatic rings. The number of benzene rings is 1. The van der Waals surface area contributed by atoms with Crippen LogP contribution in [-0.4, -0.2) is 23.2 Å². The van der Waals surface area contributed by atoms with Gasteiger partial charge in [0.1, 0.15) is 11.6 Å². The molecule has 2 rings (SSSR count). The van der Waals surface area contributed by atoms with Crippen LogP contribution in [0.4, 0.5) is 11.5 Å². The molecule has 3 N–H and O–H groups in total. The van der Waals surface area contributed by atoms with Crippen LogP contribution >= 0.6 is 0 Å². The van der Waals surface area contributed by atoms with E-state index >= 15 is 0 Å². The molecule has 1 heterocycles. The minimum absolute atomic E-state index is 0.201. The van der Waals surface area contributed by atoms with Gasteiger partial charge in [0.2, 0.25) is 0 Å². The Morgan fingerprint density at radius 2 is 2.11 bits per heavy atom. The zero-order valence-electron chi connectivity index (χ0n) is 9.75. The number of aromatic nitrogens is 2. The number of carbonyl (C=O) groups is 1. The first-order chi connectivity index (χ1) is 8.69. The molecule has 6 nitrogen and oxygen atoms in total. The molecule has 1 aromatic heterocycles. The number of hydrogen-bond donors (Lipinski definition) is 2. The zero-order chi connectivity index (χ0) is 13.0. The van der Waals surface area contributed by atoms with Crippen molar-refractivity contribution in [3.63, 3.8) is 0 Å². The highest BCUT2D eigenvalue weighted by Gasteiger charge is 2.08. The number of nitrogens with two attached hydrogens (primary N) is 1. The first-order valence-electron chi connectivity index (χ1n) is 5.23. The van der Waals surface area contributed by atoms with Crippen LogP contribution in [0.2, 0.25) is 0 Å². The SMILES string of the molecule is COc1cccc(NC(=O)c2ccc(N)nn2)c1. The summed E-state index contributed by atoms with van der Waals surface area (Å²) in [7, 11) is 1.56. The molecular weight excluding hydrogens is 232 g/mol. The highest BCUT2D eigenvalue weighted by atomic mass is 16.5. The van der Waals surface area contributed by atoms with Gasteiger partial charge in [0.15, 0.2) is 5.69 Å². The van der Waals surface area contributed by atoms with Gasteiger partial charge in [-0.05, 0) is 24.3 Å². The van der Waals surface area contributed by atoms with Crippen LogP contribution in [0.15, 0.2) is 36.4 Å². The van der Waals surface area contributed by atoms with E-state index in [2.05, 4.69) is 15.5 Å². The third-order valence-electron chi connectivity index (χ3n) is 2.25. The molecule has 0 unspecified atom stereocenters. The van der Waals surface area contributed by atoms with Crippen molar-refractivity contribution in [2.45, 2.75) is 0 Å². The Morgan fingerprint density at radius 1 is 1.28 bits per heavy atom. The highest BCUT2D eigenvalue weighted by molar-refractivity contribution is 6.02. The maximum Gasteiger partial charge on any atom is 0.276 e. The molecule has 0 bridgehead atoms. The van der Waals surface area contributed by atoms with Crippen molar-refractivity contribution in [2.75, 3.05) is 18.2 Å². The molecule has 0 spiro atoms. The van der Waals surface area contributed by atoms with Gasteiger partial charge in [-0.15, -0.1) is 10.2 Å². The molecule has 92 valence electrons. The number of nitrogen functional groups attached to an aromatic ring is 1. The van der Waals surface area contributed by atoms with E-state index in [4.69, 9.17) is 10.5 Å². The summed E-state index contributed by atoms with van der Waals surface area (Å²) in [5.41, 5.74) is 6.22. The lowest BCUT2D eigenvalue weighted by Gasteiger charge is -2.06. The Hall–Kier alpha value is -2.63. The van der Waals surface area contributed by atoms with Crippen molar-refractivity contribution in [1.29, 1.82) is 0 Å². The second kappa shape index (κ2) is 5.13. The van der Waals surface area contributed by atoms with Crippen molar-refractivity contribution >= 4 is 17.4 Å². The molecule has 0 fully saturated rings. The van der Waals surface area contributed by atoms with Gasteiger partial charge in [-0.1, -0.05) is 6.07 Å². The van der Waals surface area contributed by atoms with Crippen molar-refractivity contribution in [3.8, 4) is 5.75 Å². The van der Waals surface area contributed by atoms with Gasteiger partial charge < -0.3 is 15.8 Å². The van der Waals surface area contributed by atoms with Gasteiger partial charge in [-0.3, -0.25) is 4.79 Å². The standard InChI is InChI=1S/C12H12N4O2/c1-18-9-4-2-3-8(7-9)14-12(17)10-5-6-11(13)16-15-10/h2-7H,1H3,(H2,13,16)(H,14,17). The fourth-order valence-corrected chi connectivity index (χ4v) is 1.36. The summed E-state index contributed by atoms with van der Waals surface area (Å²) in [5, 5.41) is 10.0. The van der Waals surface area contributed by atoms with E-state index in [0.29, 0.717) is 11.4 Å². The Bertz CT molecular complexity index is 554. The first kappa shape index (κ1) is 11.8. The van der Waals surface area contributed by atoms with Crippen LogP contribution < -0.4 is 15.8 Å². The third-order valence-corrected chi connectivity index (χ3v) is 2.25. The lowest BCUT2D eigenvalue weighted by atomic mass is 10.3. The van der Waals surface area contributed by atoms with Gasteiger partial charge in [0, 0.05) is 11.8 Å².